The number of carbonyl (C=O) groups excluding carboxylic acids is 2. The number of allylic oxidation sites excluding steroid dienone is 1. The molecular weight excluding hydrogens is 455 g/mol. The number of ether oxygens (including phenoxy) is 1. The Hall–Kier alpha value is -3.08. The summed E-state index contributed by atoms with van der Waals surface area (Å²) in [5, 5.41) is 16.8. The highest BCUT2D eigenvalue weighted by atomic mass is 19.4. The van der Waals surface area contributed by atoms with Crippen molar-refractivity contribution in [2.45, 2.75) is 50.4 Å². The van der Waals surface area contributed by atoms with Crippen LogP contribution in [0, 0.1) is 5.41 Å². The third kappa shape index (κ3) is 6.28. The van der Waals surface area contributed by atoms with Crippen molar-refractivity contribution in [2.75, 3.05) is 19.7 Å². The second-order valence-electron chi connectivity index (χ2n) is 8.61. The number of amides is 2. The Balaban J connectivity index is 0.000000406. The lowest BCUT2D eigenvalue weighted by molar-refractivity contribution is -0.192. The number of carboxylic acids is 1. The van der Waals surface area contributed by atoms with Gasteiger partial charge in [-0.15, -0.1) is 0 Å². The summed E-state index contributed by atoms with van der Waals surface area (Å²) < 4.78 is 37.6. The van der Waals surface area contributed by atoms with Gasteiger partial charge in [-0.3, -0.25) is 9.59 Å². The van der Waals surface area contributed by atoms with Gasteiger partial charge in [-0.25, -0.2) is 4.79 Å². The van der Waals surface area contributed by atoms with Crippen LogP contribution in [-0.2, 0) is 9.59 Å². The van der Waals surface area contributed by atoms with E-state index in [9.17, 15) is 22.8 Å². The first-order valence-electron chi connectivity index (χ1n) is 11.1. The molecule has 2 aliphatic heterocycles. The van der Waals surface area contributed by atoms with Gasteiger partial charge in [0.1, 0.15) is 12.4 Å². The van der Waals surface area contributed by atoms with Crippen LogP contribution in [0.2, 0.25) is 0 Å². The van der Waals surface area contributed by atoms with Crippen LogP contribution in [0.25, 0.3) is 0 Å². The molecule has 2 amide bonds. The van der Waals surface area contributed by atoms with Crippen molar-refractivity contribution in [3.8, 4) is 5.75 Å². The van der Waals surface area contributed by atoms with E-state index < -0.39 is 12.1 Å². The molecule has 4 rings (SSSR count). The van der Waals surface area contributed by atoms with E-state index in [0.29, 0.717) is 37.4 Å². The molecule has 0 radical (unpaired) electrons. The van der Waals surface area contributed by atoms with Crippen molar-refractivity contribution in [1.29, 1.82) is 0 Å². The fourth-order valence-corrected chi connectivity index (χ4v) is 4.16. The van der Waals surface area contributed by atoms with E-state index in [-0.39, 0.29) is 29.3 Å². The van der Waals surface area contributed by atoms with Gasteiger partial charge in [0.25, 0.3) is 5.91 Å². The molecule has 3 aliphatic rings. The minimum absolute atomic E-state index is 0.0207. The molecule has 11 heteroatoms. The summed E-state index contributed by atoms with van der Waals surface area (Å²) in [5.74, 6) is -2.21. The van der Waals surface area contributed by atoms with E-state index in [1.54, 1.807) is 6.07 Å². The Morgan fingerprint density at radius 2 is 1.65 bits per heavy atom. The predicted molar refractivity (Wildman–Crippen MR) is 116 cm³/mol. The minimum atomic E-state index is -5.08. The number of alkyl halides is 3. The van der Waals surface area contributed by atoms with Gasteiger partial charge in [-0.2, -0.15) is 13.2 Å². The van der Waals surface area contributed by atoms with Gasteiger partial charge in [0.15, 0.2) is 0 Å². The first-order valence-corrected chi connectivity index (χ1v) is 11.1. The Bertz CT molecular complexity index is 931. The number of para-hydroxylation sites is 1. The molecule has 2 heterocycles. The van der Waals surface area contributed by atoms with Crippen molar-refractivity contribution in [1.82, 2.24) is 16.0 Å². The zero-order chi connectivity index (χ0) is 24.8. The molecule has 1 spiro atoms. The van der Waals surface area contributed by atoms with E-state index in [4.69, 9.17) is 14.6 Å². The maximum absolute atomic E-state index is 13.0. The number of carboxylic acid groups (broad SMARTS) is 1. The smallest absolute Gasteiger partial charge is 0.489 e. The van der Waals surface area contributed by atoms with Crippen molar-refractivity contribution in [3.05, 3.63) is 42.0 Å². The quantitative estimate of drug-likeness (QED) is 0.421. The highest BCUT2D eigenvalue weighted by molar-refractivity contribution is 5.97. The third-order valence-electron chi connectivity index (χ3n) is 6.19. The summed E-state index contributed by atoms with van der Waals surface area (Å²) in [5.41, 5.74) is 0.156. The lowest BCUT2D eigenvalue weighted by Gasteiger charge is -2.43. The molecule has 0 aromatic heterocycles. The fourth-order valence-electron chi connectivity index (χ4n) is 4.16. The number of hydrogen-bond acceptors (Lipinski definition) is 5. The molecule has 0 bridgehead atoms. The maximum atomic E-state index is 13.0. The van der Waals surface area contributed by atoms with E-state index in [0.717, 1.165) is 25.7 Å². The van der Waals surface area contributed by atoms with Gasteiger partial charge in [-0.1, -0.05) is 37.1 Å². The SMILES string of the molecule is O=C(O)C(F)(F)F.O=C1N[C@@H]2CCCC[C@H]2NC(=O)C2(C/C=C/COc3ccccc31)CNC2. The van der Waals surface area contributed by atoms with E-state index in [1.807, 2.05) is 30.4 Å². The van der Waals surface area contributed by atoms with Crippen LogP contribution in [0.1, 0.15) is 42.5 Å². The Labute approximate surface area is 194 Å². The first-order chi connectivity index (χ1) is 16.1. The minimum Gasteiger partial charge on any atom is -0.489 e. The molecule has 1 aromatic carbocycles. The first kappa shape index (κ1) is 25.5. The van der Waals surface area contributed by atoms with Gasteiger partial charge in [0, 0.05) is 25.2 Å². The second kappa shape index (κ2) is 10.9. The molecular formula is C23H28F3N3O5. The monoisotopic (exact) mass is 483 g/mol. The average Bonchev–Trinajstić information content (AvgIpc) is 2.76. The van der Waals surface area contributed by atoms with Crippen molar-refractivity contribution >= 4 is 17.8 Å². The van der Waals surface area contributed by atoms with Gasteiger partial charge in [0.05, 0.1) is 11.0 Å². The molecule has 4 N–H and O–H groups in total. The van der Waals surface area contributed by atoms with Crippen LogP contribution in [0.4, 0.5) is 13.2 Å². The number of nitrogens with one attached hydrogen (secondary N) is 3. The van der Waals surface area contributed by atoms with Gasteiger partial charge >= 0.3 is 12.1 Å². The summed E-state index contributed by atoms with van der Waals surface area (Å²) >= 11 is 0. The van der Waals surface area contributed by atoms with Crippen LogP contribution in [0.15, 0.2) is 36.4 Å². The number of carbonyl (C=O) groups is 3. The molecule has 8 nitrogen and oxygen atoms in total. The lowest BCUT2D eigenvalue weighted by Crippen LogP contribution is -2.64. The van der Waals surface area contributed by atoms with E-state index >= 15 is 0 Å². The van der Waals surface area contributed by atoms with Crippen molar-refractivity contribution < 1.29 is 37.4 Å². The molecule has 2 atom stereocenters. The van der Waals surface area contributed by atoms with Crippen molar-refractivity contribution in [2.24, 2.45) is 5.41 Å². The van der Waals surface area contributed by atoms with Gasteiger partial charge in [0.2, 0.25) is 5.91 Å². The Morgan fingerprint density at radius 3 is 2.24 bits per heavy atom. The number of benzene rings is 1. The summed E-state index contributed by atoms with van der Waals surface area (Å²) in [6.45, 7) is 1.76. The standard InChI is InChI=1S/C21H27N3O3.C2HF3O2/c25-19-15-7-1-4-10-18(15)27-12-6-5-11-21(13-22-14-21)20(26)24-17-9-3-2-8-16(17)23-19;3-2(4,5)1(6)7/h1,4-7,10,16-17,22H,2-3,8-9,11-14H2,(H,23,25)(H,24,26);(H,6,7)/b6-5+;/t16-,17-;/m1./s1. The number of rotatable bonds is 0. The predicted octanol–water partition coefficient (Wildman–Crippen LogP) is 2.41. The largest absolute Gasteiger partial charge is 0.490 e. The zero-order valence-corrected chi connectivity index (χ0v) is 18.5. The number of fused-ring (bicyclic) bond motifs is 2. The number of aliphatic carboxylic acids is 1. The Kier molecular flexibility index (Phi) is 8.19. The van der Waals surface area contributed by atoms with E-state index in [1.165, 1.54) is 0 Å². The van der Waals surface area contributed by atoms with Crippen molar-refractivity contribution in [3.63, 3.8) is 0 Å². The van der Waals surface area contributed by atoms with Gasteiger partial charge in [-0.05, 0) is 31.4 Å². The molecule has 186 valence electrons. The zero-order valence-electron chi connectivity index (χ0n) is 18.5. The summed E-state index contributed by atoms with van der Waals surface area (Å²) in [6.07, 6.45) is 3.47. The normalized spacial score (nSPS) is 25.4. The molecule has 1 saturated heterocycles. The highest BCUT2D eigenvalue weighted by Gasteiger charge is 2.44. The lowest BCUT2D eigenvalue weighted by atomic mass is 9.76. The molecule has 1 saturated carbocycles. The topological polar surface area (TPSA) is 117 Å². The van der Waals surface area contributed by atoms with Crippen LogP contribution in [-0.4, -0.2) is 60.8 Å². The summed E-state index contributed by atoms with van der Waals surface area (Å²) in [7, 11) is 0. The summed E-state index contributed by atoms with van der Waals surface area (Å²) in [6, 6.07) is 7.25. The highest BCUT2D eigenvalue weighted by Crippen LogP contribution is 2.30. The number of hydrogen-bond donors (Lipinski definition) is 4. The van der Waals surface area contributed by atoms with Crippen LogP contribution in [0.5, 0.6) is 5.75 Å². The molecule has 34 heavy (non-hydrogen) atoms. The second-order valence-corrected chi connectivity index (χ2v) is 8.61. The number of halogens is 3. The van der Waals surface area contributed by atoms with Crippen LogP contribution < -0.4 is 20.7 Å². The maximum Gasteiger partial charge on any atom is 0.490 e. The average molecular weight is 483 g/mol. The third-order valence-corrected chi connectivity index (χ3v) is 6.19. The van der Waals surface area contributed by atoms with Gasteiger partial charge < -0.3 is 25.8 Å². The molecule has 1 aromatic rings. The Morgan fingerprint density at radius 1 is 1.03 bits per heavy atom. The fraction of sp³-hybridized carbons (Fsp3) is 0.522. The molecule has 0 unspecified atom stereocenters. The summed E-state index contributed by atoms with van der Waals surface area (Å²) in [4.78, 5) is 34.8. The van der Waals surface area contributed by atoms with Crippen LogP contribution >= 0.6 is 0 Å². The molecule has 2 fully saturated rings. The molecule has 1 aliphatic carbocycles. The van der Waals surface area contributed by atoms with E-state index in [2.05, 4.69) is 16.0 Å². The van der Waals surface area contributed by atoms with Crippen LogP contribution in [0.3, 0.4) is 0 Å².